The summed E-state index contributed by atoms with van der Waals surface area (Å²) in [4.78, 5) is 0. The van der Waals surface area contributed by atoms with Gasteiger partial charge in [0.15, 0.2) is 0 Å². The first-order chi connectivity index (χ1) is 6.59. The SMILES string of the molecule is CC(C)(C)c1oncc1C1CCCN1. The second-order valence-corrected chi connectivity index (χ2v) is 5.01. The maximum atomic E-state index is 5.35. The molecule has 1 aromatic rings. The normalized spacial score (nSPS) is 22.9. The number of hydrogen-bond acceptors (Lipinski definition) is 3. The van der Waals surface area contributed by atoms with E-state index in [2.05, 4.69) is 31.2 Å². The molecule has 0 spiro atoms. The van der Waals surface area contributed by atoms with Crippen molar-refractivity contribution in [2.75, 3.05) is 6.54 Å². The van der Waals surface area contributed by atoms with E-state index in [0.29, 0.717) is 6.04 Å². The van der Waals surface area contributed by atoms with Crippen molar-refractivity contribution in [3.8, 4) is 0 Å². The molecule has 1 aromatic heterocycles. The van der Waals surface area contributed by atoms with E-state index in [1.165, 1.54) is 18.4 Å². The molecule has 1 fully saturated rings. The van der Waals surface area contributed by atoms with Crippen LogP contribution in [0.1, 0.15) is 51.0 Å². The quantitative estimate of drug-likeness (QED) is 0.746. The molecule has 14 heavy (non-hydrogen) atoms. The first-order valence-electron chi connectivity index (χ1n) is 5.27. The molecule has 1 saturated heterocycles. The highest BCUT2D eigenvalue weighted by Gasteiger charge is 2.28. The van der Waals surface area contributed by atoms with Crippen molar-refractivity contribution < 1.29 is 4.52 Å². The van der Waals surface area contributed by atoms with E-state index in [0.717, 1.165) is 12.3 Å². The average Bonchev–Trinajstić information content (AvgIpc) is 2.73. The monoisotopic (exact) mass is 194 g/mol. The molecule has 2 rings (SSSR count). The largest absolute Gasteiger partial charge is 0.361 e. The lowest BCUT2D eigenvalue weighted by Gasteiger charge is -2.18. The van der Waals surface area contributed by atoms with Crippen molar-refractivity contribution in [1.29, 1.82) is 0 Å². The second kappa shape index (κ2) is 3.39. The van der Waals surface area contributed by atoms with E-state index in [1.54, 1.807) is 0 Å². The van der Waals surface area contributed by atoms with Crippen LogP contribution in [0.25, 0.3) is 0 Å². The van der Waals surface area contributed by atoms with Gasteiger partial charge in [0.05, 0.1) is 6.20 Å². The summed E-state index contributed by atoms with van der Waals surface area (Å²) in [6.45, 7) is 7.59. The fourth-order valence-electron chi connectivity index (χ4n) is 2.02. The van der Waals surface area contributed by atoms with Crippen LogP contribution in [0.2, 0.25) is 0 Å². The first-order valence-corrected chi connectivity index (χ1v) is 5.27. The molecule has 3 heteroatoms. The maximum Gasteiger partial charge on any atom is 0.146 e. The Balaban J connectivity index is 2.29. The van der Waals surface area contributed by atoms with Gasteiger partial charge in [-0.25, -0.2) is 0 Å². The summed E-state index contributed by atoms with van der Waals surface area (Å²) in [7, 11) is 0. The molecule has 0 bridgehead atoms. The molecule has 1 aliphatic rings. The van der Waals surface area contributed by atoms with Gasteiger partial charge in [-0.3, -0.25) is 0 Å². The number of rotatable bonds is 1. The fourth-order valence-corrected chi connectivity index (χ4v) is 2.02. The van der Waals surface area contributed by atoms with Crippen molar-refractivity contribution in [3.63, 3.8) is 0 Å². The minimum atomic E-state index is 0.0517. The van der Waals surface area contributed by atoms with Crippen molar-refractivity contribution in [1.82, 2.24) is 10.5 Å². The summed E-state index contributed by atoms with van der Waals surface area (Å²) in [6, 6.07) is 0.454. The molecule has 0 aliphatic carbocycles. The van der Waals surface area contributed by atoms with Gasteiger partial charge < -0.3 is 9.84 Å². The molecule has 1 atom stereocenters. The zero-order valence-corrected chi connectivity index (χ0v) is 9.13. The molecule has 0 saturated carbocycles. The first kappa shape index (κ1) is 9.71. The molecule has 2 heterocycles. The summed E-state index contributed by atoms with van der Waals surface area (Å²) < 4.78 is 5.35. The standard InChI is InChI=1S/C11H18N2O/c1-11(2,3)10-8(7-13-14-10)9-5-4-6-12-9/h7,9,12H,4-6H2,1-3H3. The molecular weight excluding hydrogens is 176 g/mol. The smallest absolute Gasteiger partial charge is 0.146 e. The van der Waals surface area contributed by atoms with Crippen LogP contribution in [0, 0.1) is 0 Å². The second-order valence-electron chi connectivity index (χ2n) is 5.01. The van der Waals surface area contributed by atoms with E-state index < -0.39 is 0 Å². The van der Waals surface area contributed by atoms with Gasteiger partial charge >= 0.3 is 0 Å². The van der Waals surface area contributed by atoms with Crippen LogP contribution in [0.3, 0.4) is 0 Å². The average molecular weight is 194 g/mol. The van der Waals surface area contributed by atoms with Gasteiger partial charge in [-0.05, 0) is 19.4 Å². The van der Waals surface area contributed by atoms with Crippen LogP contribution in [0.5, 0.6) is 0 Å². The molecule has 1 aliphatic heterocycles. The van der Waals surface area contributed by atoms with Gasteiger partial charge in [0.25, 0.3) is 0 Å². The van der Waals surface area contributed by atoms with Gasteiger partial charge in [0, 0.05) is 17.0 Å². The molecule has 1 N–H and O–H groups in total. The van der Waals surface area contributed by atoms with Crippen LogP contribution < -0.4 is 5.32 Å². The number of nitrogens with zero attached hydrogens (tertiary/aromatic N) is 1. The third-order valence-corrected chi connectivity index (χ3v) is 2.71. The van der Waals surface area contributed by atoms with Gasteiger partial charge in [0.1, 0.15) is 5.76 Å². The van der Waals surface area contributed by atoms with Gasteiger partial charge in [-0.1, -0.05) is 25.9 Å². The Hall–Kier alpha value is -0.830. The number of hydrogen-bond donors (Lipinski definition) is 1. The summed E-state index contributed by atoms with van der Waals surface area (Å²) in [5.41, 5.74) is 1.30. The highest BCUT2D eigenvalue weighted by molar-refractivity contribution is 5.24. The van der Waals surface area contributed by atoms with Crippen molar-refractivity contribution in [3.05, 3.63) is 17.5 Å². The Morgan fingerprint density at radius 2 is 2.29 bits per heavy atom. The third kappa shape index (κ3) is 1.69. The van der Waals surface area contributed by atoms with E-state index in [9.17, 15) is 0 Å². The third-order valence-electron chi connectivity index (χ3n) is 2.71. The predicted molar refractivity (Wildman–Crippen MR) is 55.2 cm³/mol. The number of aromatic nitrogens is 1. The molecule has 3 nitrogen and oxygen atoms in total. The Morgan fingerprint density at radius 1 is 1.50 bits per heavy atom. The topological polar surface area (TPSA) is 38.1 Å². The van der Waals surface area contributed by atoms with Crippen molar-refractivity contribution >= 4 is 0 Å². The Labute approximate surface area is 84.9 Å². The highest BCUT2D eigenvalue weighted by Crippen LogP contribution is 2.32. The van der Waals surface area contributed by atoms with E-state index >= 15 is 0 Å². The van der Waals surface area contributed by atoms with E-state index in [4.69, 9.17) is 4.52 Å². The predicted octanol–water partition coefficient (Wildman–Crippen LogP) is 2.40. The minimum Gasteiger partial charge on any atom is -0.361 e. The molecular formula is C11H18N2O. The zero-order valence-electron chi connectivity index (χ0n) is 9.13. The lowest BCUT2D eigenvalue weighted by Crippen LogP contribution is -2.18. The lowest BCUT2D eigenvalue weighted by molar-refractivity contribution is 0.324. The maximum absolute atomic E-state index is 5.35. The Kier molecular flexibility index (Phi) is 2.35. The molecule has 0 radical (unpaired) electrons. The van der Waals surface area contributed by atoms with Crippen LogP contribution in [0.4, 0.5) is 0 Å². The van der Waals surface area contributed by atoms with Gasteiger partial charge in [-0.2, -0.15) is 0 Å². The summed E-state index contributed by atoms with van der Waals surface area (Å²) >= 11 is 0. The van der Waals surface area contributed by atoms with Crippen molar-refractivity contribution in [2.24, 2.45) is 0 Å². The van der Waals surface area contributed by atoms with Crippen molar-refractivity contribution in [2.45, 2.75) is 45.1 Å². The molecule has 1 unspecified atom stereocenters. The van der Waals surface area contributed by atoms with Crippen LogP contribution >= 0.6 is 0 Å². The summed E-state index contributed by atoms with van der Waals surface area (Å²) in [5, 5.41) is 7.39. The highest BCUT2D eigenvalue weighted by atomic mass is 16.5. The van der Waals surface area contributed by atoms with Gasteiger partial charge in [-0.15, -0.1) is 0 Å². The van der Waals surface area contributed by atoms with E-state index in [-0.39, 0.29) is 5.41 Å². The Morgan fingerprint density at radius 3 is 2.86 bits per heavy atom. The molecule has 78 valence electrons. The van der Waals surface area contributed by atoms with Gasteiger partial charge in [0.2, 0.25) is 0 Å². The fraction of sp³-hybridized carbons (Fsp3) is 0.727. The molecule has 0 amide bonds. The summed E-state index contributed by atoms with van der Waals surface area (Å²) in [6.07, 6.45) is 4.31. The van der Waals surface area contributed by atoms with Crippen LogP contribution in [0.15, 0.2) is 10.7 Å². The minimum absolute atomic E-state index is 0.0517. The number of nitrogens with one attached hydrogen (secondary N) is 1. The van der Waals surface area contributed by atoms with Crippen LogP contribution in [-0.2, 0) is 5.41 Å². The zero-order chi connectivity index (χ0) is 10.2. The lowest BCUT2D eigenvalue weighted by atomic mass is 9.88. The summed E-state index contributed by atoms with van der Waals surface area (Å²) in [5.74, 6) is 1.02. The molecule has 0 aromatic carbocycles. The van der Waals surface area contributed by atoms with Crippen LogP contribution in [-0.4, -0.2) is 11.7 Å². The van der Waals surface area contributed by atoms with E-state index in [1.807, 2.05) is 6.20 Å². The Bertz CT molecular complexity index is 305.